The van der Waals surface area contributed by atoms with Crippen LogP contribution in [0.1, 0.15) is 28.7 Å². The second-order valence-electron chi connectivity index (χ2n) is 6.61. The molecule has 10 heteroatoms. The van der Waals surface area contributed by atoms with Gasteiger partial charge in [0.15, 0.2) is 0 Å². The van der Waals surface area contributed by atoms with Crippen LogP contribution in [-0.2, 0) is 24.8 Å². The minimum absolute atomic E-state index is 0.0860. The van der Waals surface area contributed by atoms with Crippen LogP contribution in [0.5, 0.6) is 0 Å². The minimum Gasteiger partial charge on any atom is -0.375 e. The molecule has 28 heavy (non-hydrogen) atoms. The number of sulfonamides is 2. The Morgan fingerprint density at radius 3 is 2.46 bits per heavy atom. The molecule has 0 spiro atoms. The lowest BCUT2D eigenvalue weighted by Gasteiger charge is -2.28. The highest BCUT2D eigenvalue weighted by Crippen LogP contribution is 2.26. The van der Waals surface area contributed by atoms with Crippen LogP contribution < -0.4 is 9.03 Å². The number of thiophene rings is 1. The standard InChI is InChI=1S/C18H24N2O5S3/c1-14-5-10-18(26-14)17(25-2)13-19-28(23,24)16-8-6-15(7-9-16)20-11-3-4-12-27(20,21)22/h5-10,17,19H,3-4,11-13H2,1-2H3/t17-/m1/s1. The van der Waals surface area contributed by atoms with Crippen molar-refractivity contribution >= 4 is 37.1 Å². The molecule has 0 saturated carbocycles. The first-order chi connectivity index (χ1) is 13.2. The molecule has 2 heterocycles. The summed E-state index contributed by atoms with van der Waals surface area (Å²) in [6.07, 6.45) is 1.08. The number of nitrogens with zero attached hydrogens (tertiary/aromatic N) is 1. The Hall–Kier alpha value is -1.46. The first-order valence-corrected chi connectivity index (χ1v) is 12.8. The summed E-state index contributed by atoms with van der Waals surface area (Å²) >= 11 is 1.56. The molecular weight excluding hydrogens is 420 g/mol. The molecule has 1 saturated heterocycles. The summed E-state index contributed by atoms with van der Waals surface area (Å²) in [5.41, 5.74) is 0.488. The van der Waals surface area contributed by atoms with Crippen molar-refractivity contribution in [2.45, 2.75) is 30.8 Å². The Bertz CT molecular complexity index is 1010. The van der Waals surface area contributed by atoms with E-state index in [-0.39, 0.29) is 23.3 Å². The number of rotatable bonds is 7. The van der Waals surface area contributed by atoms with E-state index in [9.17, 15) is 16.8 Å². The van der Waals surface area contributed by atoms with Crippen molar-refractivity contribution in [3.8, 4) is 0 Å². The molecule has 1 aliphatic rings. The van der Waals surface area contributed by atoms with Crippen LogP contribution in [0.25, 0.3) is 0 Å². The number of nitrogens with one attached hydrogen (secondary N) is 1. The molecule has 1 aromatic carbocycles. The number of ether oxygens (including phenoxy) is 1. The van der Waals surface area contributed by atoms with Crippen molar-refractivity contribution in [2.24, 2.45) is 0 Å². The van der Waals surface area contributed by atoms with Gasteiger partial charge in [0, 0.05) is 30.0 Å². The van der Waals surface area contributed by atoms with Crippen molar-refractivity contribution in [3.63, 3.8) is 0 Å². The van der Waals surface area contributed by atoms with E-state index in [2.05, 4.69) is 4.72 Å². The molecular formula is C18H24N2O5S3. The molecule has 2 aromatic rings. The van der Waals surface area contributed by atoms with E-state index in [1.807, 2.05) is 19.1 Å². The summed E-state index contributed by atoms with van der Waals surface area (Å²) in [4.78, 5) is 2.17. The van der Waals surface area contributed by atoms with Gasteiger partial charge in [0.2, 0.25) is 20.0 Å². The van der Waals surface area contributed by atoms with Crippen LogP contribution in [0.15, 0.2) is 41.3 Å². The molecule has 154 valence electrons. The van der Waals surface area contributed by atoms with Crippen molar-refractivity contribution in [2.75, 3.05) is 30.3 Å². The van der Waals surface area contributed by atoms with Gasteiger partial charge in [-0.3, -0.25) is 4.31 Å². The highest BCUT2D eigenvalue weighted by molar-refractivity contribution is 7.92. The topological polar surface area (TPSA) is 92.8 Å². The van der Waals surface area contributed by atoms with Crippen LogP contribution in [0.2, 0.25) is 0 Å². The number of methoxy groups -OCH3 is 1. The zero-order valence-corrected chi connectivity index (χ0v) is 18.2. The Balaban J connectivity index is 1.71. The number of anilines is 1. The highest BCUT2D eigenvalue weighted by atomic mass is 32.2. The fourth-order valence-corrected chi connectivity index (χ4v) is 6.69. The Labute approximate surface area is 170 Å². The predicted molar refractivity (Wildman–Crippen MR) is 111 cm³/mol. The fraction of sp³-hybridized carbons (Fsp3) is 0.444. The minimum atomic E-state index is -3.74. The van der Waals surface area contributed by atoms with Crippen molar-refractivity contribution in [1.29, 1.82) is 0 Å². The molecule has 1 aromatic heterocycles. The molecule has 1 N–H and O–H groups in total. The Kier molecular flexibility index (Phi) is 6.45. The van der Waals surface area contributed by atoms with Gasteiger partial charge in [0.05, 0.1) is 16.3 Å². The van der Waals surface area contributed by atoms with E-state index >= 15 is 0 Å². The molecule has 0 bridgehead atoms. The van der Waals surface area contributed by atoms with Gasteiger partial charge >= 0.3 is 0 Å². The molecule has 0 aliphatic carbocycles. The van der Waals surface area contributed by atoms with E-state index < -0.39 is 20.0 Å². The molecule has 0 amide bonds. The maximum Gasteiger partial charge on any atom is 0.240 e. The van der Waals surface area contributed by atoms with E-state index in [0.717, 1.165) is 16.2 Å². The fourth-order valence-electron chi connectivity index (χ4n) is 3.07. The number of hydrogen-bond acceptors (Lipinski definition) is 6. The van der Waals surface area contributed by atoms with Gasteiger partial charge < -0.3 is 4.74 Å². The van der Waals surface area contributed by atoms with Crippen LogP contribution >= 0.6 is 11.3 Å². The average Bonchev–Trinajstić information content (AvgIpc) is 3.08. The first kappa shape index (κ1) is 21.3. The van der Waals surface area contributed by atoms with Crippen LogP contribution in [0.3, 0.4) is 0 Å². The molecule has 1 fully saturated rings. The number of benzene rings is 1. The highest BCUT2D eigenvalue weighted by Gasteiger charge is 2.26. The van der Waals surface area contributed by atoms with Gasteiger partial charge in [-0.1, -0.05) is 0 Å². The van der Waals surface area contributed by atoms with Gasteiger partial charge in [0.25, 0.3) is 0 Å². The lowest BCUT2D eigenvalue weighted by molar-refractivity contribution is 0.110. The second-order valence-corrected chi connectivity index (χ2v) is 11.7. The molecule has 0 unspecified atom stereocenters. The third-order valence-electron chi connectivity index (χ3n) is 4.61. The first-order valence-electron chi connectivity index (χ1n) is 8.92. The second kappa shape index (κ2) is 8.50. The van der Waals surface area contributed by atoms with Crippen molar-refractivity contribution in [3.05, 3.63) is 46.2 Å². The van der Waals surface area contributed by atoms with Crippen LogP contribution in [-0.4, -0.2) is 42.8 Å². The maximum absolute atomic E-state index is 12.6. The zero-order chi connectivity index (χ0) is 20.4. The zero-order valence-electron chi connectivity index (χ0n) is 15.8. The molecule has 1 aliphatic heterocycles. The van der Waals surface area contributed by atoms with Gasteiger partial charge in [0.1, 0.15) is 6.10 Å². The van der Waals surface area contributed by atoms with Crippen LogP contribution in [0.4, 0.5) is 5.69 Å². The van der Waals surface area contributed by atoms with Crippen molar-refractivity contribution < 1.29 is 21.6 Å². The van der Waals surface area contributed by atoms with E-state index in [4.69, 9.17) is 4.74 Å². The van der Waals surface area contributed by atoms with Gasteiger partial charge in [-0.15, -0.1) is 11.3 Å². The number of aryl methyl sites for hydroxylation is 1. The maximum atomic E-state index is 12.6. The third-order valence-corrected chi connectivity index (χ3v) is 9.01. The van der Waals surface area contributed by atoms with E-state index in [1.54, 1.807) is 18.4 Å². The Morgan fingerprint density at radius 2 is 1.89 bits per heavy atom. The van der Waals surface area contributed by atoms with Gasteiger partial charge in [-0.05, 0) is 56.2 Å². The lowest BCUT2D eigenvalue weighted by atomic mass is 10.3. The predicted octanol–water partition coefficient (Wildman–Crippen LogP) is 2.65. The summed E-state index contributed by atoms with van der Waals surface area (Å²) < 4.78 is 58.9. The average molecular weight is 445 g/mol. The summed E-state index contributed by atoms with van der Waals surface area (Å²) in [6, 6.07) is 9.82. The summed E-state index contributed by atoms with van der Waals surface area (Å²) in [5, 5.41) is 0. The largest absolute Gasteiger partial charge is 0.375 e. The summed E-state index contributed by atoms with van der Waals surface area (Å²) in [6.45, 7) is 2.51. The monoisotopic (exact) mass is 444 g/mol. The SMILES string of the molecule is CO[C@H](CNS(=O)(=O)c1ccc(N2CCCCS2(=O)=O)cc1)c1ccc(C)s1. The lowest BCUT2D eigenvalue weighted by Crippen LogP contribution is -2.37. The van der Waals surface area contributed by atoms with E-state index in [1.165, 1.54) is 28.6 Å². The van der Waals surface area contributed by atoms with Crippen molar-refractivity contribution in [1.82, 2.24) is 4.72 Å². The third kappa shape index (κ3) is 4.74. The van der Waals surface area contributed by atoms with E-state index in [0.29, 0.717) is 18.7 Å². The quantitative estimate of drug-likeness (QED) is 0.709. The number of hydrogen-bond donors (Lipinski definition) is 1. The normalized spacial score (nSPS) is 18.1. The molecule has 1 atom stereocenters. The smallest absolute Gasteiger partial charge is 0.240 e. The summed E-state index contributed by atoms with van der Waals surface area (Å²) in [7, 11) is -5.52. The van der Waals surface area contributed by atoms with Crippen LogP contribution in [0, 0.1) is 6.92 Å². The molecule has 7 nitrogen and oxygen atoms in total. The molecule has 3 rings (SSSR count). The Morgan fingerprint density at radius 1 is 1.18 bits per heavy atom. The molecule has 0 radical (unpaired) electrons. The van der Waals surface area contributed by atoms with Gasteiger partial charge in [-0.25, -0.2) is 21.6 Å². The van der Waals surface area contributed by atoms with Gasteiger partial charge in [-0.2, -0.15) is 0 Å². The summed E-state index contributed by atoms with van der Waals surface area (Å²) in [5.74, 6) is 0.120.